The first-order valence-electron chi connectivity index (χ1n) is 8.60. The number of hydrogen-bond donors (Lipinski definition) is 1. The van der Waals surface area contributed by atoms with E-state index in [9.17, 15) is 14.0 Å². The summed E-state index contributed by atoms with van der Waals surface area (Å²) in [6, 6.07) is 6.59. The molecule has 3 rings (SSSR count). The topological polar surface area (TPSA) is 68.9 Å². The van der Waals surface area contributed by atoms with E-state index in [1.165, 1.54) is 42.3 Å². The Kier molecular flexibility index (Phi) is 5.32. The smallest absolute Gasteiger partial charge is 0.278 e. The maximum Gasteiger partial charge on any atom is 0.278 e. The van der Waals surface area contributed by atoms with E-state index in [0.717, 1.165) is 24.3 Å². The molecule has 0 radical (unpaired) electrons. The summed E-state index contributed by atoms with van der Waals surface area (Å²) in [6.45, 7) is 6.16. The Morgan fingerprint density at radius 3 is 2.50 bits per heavy atom. The molecule has 1 aliphatic rings. The standard InChI is InChI=1S/C18H21FN4O3/c1-3-21-8-10-22(11-9-21)18(25)17-15(26-2)12-16(24)23(20-17)14-6-4-13(19)5-7-14/h4-7,12H,3,8-11H2,1-2H3/p+1. The van der Waals surface area contributed by atoms with Gasteiger partial charge in [-0.2, -0.15) is 9.78 Å². The monoisotopic (exact) mass is 361 g/mol. The van der Waals surface area contributed by atoms with Crippen LogP contribution in [0, 0.1) is 5.82 Å². The molecule has 1 saturated heterocycles. The minimum atomic E-state index is -0.453. The Morgan fingerprint density at radius 2 is 1.92 bits per heavy atom. The third-order valence-electron chi connectivity index (χ3n) is 4.65. The predicted molar refractivity (Wildman–Crippen MR) is 93.5 cm³/mol. The van der Waals surface area contributed by atoms with Gasteiger partial charge >= 0.3 is 0 Å². The second-order valence-corrected chi connectivity index (χ2v) is 6.18. The fourth-order valence-electron chi connectivity index (χ4n) is 3.04. The highest BCUT2D eigenvalue weighted by Gasteiger charge is 2.27. The number of ether oxygens (including phenoxy) is 1. The number of nitrogens with zero attached hydrogens (tertiary/aromatic N) is 3. The minimum absolute atomic E-state index is 0.0800. The van der Waals surface area contributed by atoms with Gasteiger partial charge in [0, 0.05) is 0 Å². The van der Waals surface area contributed by atoms with Crippen LogP contribution < -0.4 is 15.2 Å². The molecule has 0 aliphatic carbocycles. The third kappa shape index (κ3) is 3.60. The number of amides is 1. The molecule has 0 saturated carbocycles. The molecule has 0 bridgehead atoms. The van der Waals surface area contributed by atoms with Gasteiger partial charge in [0.25, 0.3) is 11.5 Å². The molecule has 0 unspecified atom stereocenters. The Bertz CT molecular complexity index is 843. The van der Waals surface area contributed by atoms with Crippen molar-refractivity contribution in [2.24, 2.45) is 0 Å². The first kappa shape index (κ1) is 18.1. The van der Waals surface area contributed by atoms with Crippen LogP contribution in [0.1, 0.15) is 17.4 Å². The Morgan fingerprint density at radius 1 is 1.27 bits per heavy atom. The van der Waals surface area contributed by atoms with Gasteiger partial charge in [0.1, 0.15) is 5.82 Å². The van der Waals surface area contributed by atoms with Gasteiger partial charge in [0.05, 0.1) is 51.6 Å². The van der Waals surface area contributed by atoms with Crippen molar-refractivity contribution in [3.63, 3.8) is 0 Å². The number of carbonyl (C=O) groups is 1. The second-order valence-electron chi connectivity index (χ2n) is 6.18. The SMILES string of the molecule is CC[NH+]1CCN(C(=O)c2nn(-c3ccc(F)cc3)c(=O)cc2OC)CC1. The van der Waals surface area contributed by atoms with Gasteiger partial charge in [-0.15, -0.1) is 0 Å². The summed E-state index contributed by atoms with van der Waals surface area (Å²) in [5, 5.41) is 4.22. The number of benzene rings is 1. The summed E-state index contributed by atoms with van der Waals surface area (Å²) in [7, 11) is 1.40. The maximum absolute atomic E-state index is 13.1. The quantitative estimate of drug-likeness (QED) is 0.815. The average molecular weight is 361 g/mol. The van der Waals surface area contributed by atoms with Gasteiger partial charge in [0.15, 0.2) is 11.4 Å². The van der Waals surface area contributed by atoms with Crippen LogP contribution in [0.5, 0.6) is 5.75 Å². The van der Waals surface area contributed by atoms with E-state index in [1.807, 2.05) is 0 Å². The van der Waals surface area contributed by atoms with Crippen molar-refractivity contribution < 1.29 is 18.8 Å². The molecular formula is C18H22FN4O3+. The summed E-state index contributed by atoms with van der Waals surface area (Å²) < 4.78 is 19.4. The molecule has 7 nitrogen and oxygen atoms in total. The van der Waals surface area contributed by atoms with Crippen LogP contribution in [0.4, 0.5) is 4.39 Å². The van der Waals surface area contributed by atoms with Crippen molar-refractivity contribution in [1.29, 1.82) is 0 Å². The van der Waals surface area contributed by atoms with Crippen LogP contribution in [0.15, 0.2) is 35.1 Å². The zero-order chi connectivity index (χ0) is 18.7. The molecule has 26 heavy (non-hydrogen) atoms. The van der Waals surface area contributed by atoms with Crippen molar-refractivity contribution in [1.82, 2.24) is 14.7 Å². The Hall–Kier alpha value is -2.74. The van der Waals surface area contributed by atoms with E-state index in [-0.39, 0.29) is 17.4 Å². The van der Waals surface area contributed by atoms with E-state index < -0.39 is 11.4 Å². The van der Waals surface area contributed by atoms with Crippen molar-refractivity contribution in [3.8, 4) is 11.4 Å². The molecular weight excluding hydrogens is 339 g/mol. The van der Waals surface area contributed by atoms with Crippen molar-refractivity contribution in [3.05, 3.63) is 52.2 Å². The van der Waals surface area contributed by atoms with Gasteiger partial charge in [-0.25, -0.2) is 4.39 Å². The van der Waals surface area contributed by atoms with Crippen LogP contribution in [0.2, 0.25) is 0 Å². The Balaban J connectivity index is 1.95. The maximum atomic E-state index is 13.1. The van der Waals surface area contributed by atoms with E-state index in [1.54, 1.807) is 4.90 Å². The molecule has 0 spiro atoms. The summed E-state index contributed by atoms with van der Waals surface area (Å²) in [6.07, 6.45) is 0. The highest BCUT2D eigenvalue weighted by molar-refractivity contribution is 5.94. The van der Waals surface area contributed by atoms with Gasteiger partial charge in [-0.05, 0) is 31.2 Å². The van der Waals surface area contributed by atoms with Gasteiger partial charge in [-0.1, -0.05) is 0 Å². The van der Waals surface area contributed by atoms with E-state index >= 15 is 0 Å². The number of nitrogens with one attached hydrogen (secondary N) is 1. The predicted octanol–water partition coefficient (Wildman–Crippen LogP) is -0.259. The highest BCUT2D eigenvalue weighted by Crippen LogP contribution is 2.17. The molecule has 1 fully saturated rings. The van der Waals surface area contributed by atoms with Crippen molar-refractivity contribution in [2.45, 2.75) is 6.92 Å². The normalized spacial score (nSPS) is 15.1. The van der Waals surface area contributed by atoms with Crippen molar-refractivity contribution in [2.75, 3.05) is 39.8 Å². The van der Waals surface area contributed by atoms with E-state index in [4.69, 9.17) is 4.74 Å². The summed E-state index contributed by atoms with van der Waals surface area (Å²) in [5.74, 6) is -0.542. The van der Waals surface area contributed by atoms with Crippen LogP contribution in [-0.2, 0) is 0 Å². The average Bonchev–Trinajstić information content (AvgIpc) is 2.68. The number of aromatic nitrogens is 2. The van der Waals surface area contributed by atoms with Crippen LogP contribution in [-0.4, -0.2) is 60.4 Å². The van der Waals surface area contributed by atoms with Crippen LogP contribution in [0.3, 0.4) is 0 Å². The van der Waals surface area contributed by atoms with E-state index in [0.29, 0.717) is 18.8 Å². The number of likely N-dealkylation sites (N-methyl/N-ethyl adjacent to an activating group) is 1. The number of rotatable bonds is 4. The lowest BCUT2D eigenvalue weighted by Crippen LogP contribution is -3.14. The molecule has 1 N–H and O–H groups in total. The molecule has 8 heteroatoms. The molecule has 1 amide bonds. The minimum Gasteiger partial charge on any atom is -0.494 e. The van der Waals surface area contributed by atoms with Gasteiger partial charge < -0.3 is 14.5 Å². The lowest BCUT2D eigenvalue weighted by molar-refractivity contribution is -0.902. The lowest BCUT2D eigenvalue weighted by atomic mass is 10.2. The molecule has 2 heterocycles. The first-order valence-corrected chi connectivity index (χ1v) is 8.60. The number of halogens is 1. The van der Waals surface area contributed by atoms with Gasteiger partial charge in [0.2, 0.25) is 0 Å². The summed E-state index contributed by atoms with van der Waals surface area (Å²) >= 11 is 0. The Labute approximate surface area is 150 Å². The van der Waals surface area contributed by atoms with Crippen LogP contribution in [0.25, 0.3) is 5.69 Å². The molecule has 138 valence electrons. The van der Waals surface area contributed by atoms with E-state index in [2.05, 4.69) is 12.0 Å². The second kappa shape index (κ2) is 7.65. The zero-order valence-corrected chi connectivity index (χ0v) is 14.9. The number of carbonyl (C=O) groups excluding carboxylic acids is 1. The number of quaternary nitrogens is 1. The summed E-state index contributed by atoms with van der Waals surface area (Å²) in [4.78, 5) is 28.4. The van der Waals surface area contributed by atoms with Crippen LogP contribution >= 0.6 is 0 Å². The van der Waals surface area contributed by atoms with Crippen molar-refractivity contribution >= 4 is 5.91 Å². The number of methoxy groups -OCH3 is 1. The highest BCUT2D eigenvalue weighted by atomic mass is 19.1. The summed E-state index contributed by atoms with van der Waals surface area (Å²) in [5.41, 5.74) is 0.00924. The lowest BCUT2D eigenvalue weighted by Gasteiger charge is -2.31. The zero-order valence-electron chi connectivity index (χ0n) is 14.9. The molecule has 1 aliphatic heterocycles. The fraction of sp³-hybridized carbons (Fsp3) is 0.389. The fourth-order valence-corrected chi connectivity index (χ4v) is 3.04. The largest absolute Gasteiger partial charge is 0.494 e. The third-order valence-corrected chi connectivity index (χ3v) is 4.65. The molecule has 1 aromatic carbocycles. The van der Waals surface area contributed by atoms with Gasteiger partial charge in [-0.3, -0.25) is 9.59 Å². The molecule has 0 atom stereocenters. The number of hydrogen-bond acceptors (Lipinski definition) is 4. The first-order chi connectivity index (χ1) is 12.5. The number of piperazine rings is 1. The molecule has 1 aromatic heterocycles. The molecule has 2 aromatic rings.